The van der Waals surface area contributed by atoms with Crippen molar-refractivity contribution in [2.24, 2.45) is 11.7 Å². The second kappa shape index (κ2) is 7.90. The molecule has 5 heteroatoms. The van der Waals surface area contributed by atoms with Gasteiger partial charge < -0.3 is 11.1 Å². The number of rotatable bonds is 5. The fourth-order valence-electron chi connectivity index (χ4n) is 2.06. The average Bonchev–Trinajstić information content (AvgIpc) is 2.65. The van der Waals surface area contributed by atoms with E-state index in [1.807, 2.05) is 13.8 Å². The van der Waals surface area contributed by atoms with E-state index in [2.05, 4.69) is 17.1 Å². The Morgan fingerprint density at radius 2 is 2.18 bits per heavy atom. The molecule has 0 saturated carbocycles. The van der Waals surface area contributed by atoms with Crippen molar-refractivity contribution in [1.82, 2.24) is 10.2 Å². The zero-order valence-corrected chi connectivity index (χ0v) is 11.9. The van der Waals surface area contributed by atoms with Crippen molar-refractivity contribution < 1.29 is 4.79 Å². The smallest absolute Gasteiger partial charge is 0.234 e. The lowest BCUT2D eigenvalue weighted by Gasteiger charge is -2.18. The summed E-state index contributed by atoms with van der Waals surface area (Å²) in [5.74, 6) is 0.691. The predicted octanol–water partition coefficient (Wildman–Crippen LogP) is 0.992. The Labute approximate surface area is 111 Å². The molecule has 3 unspecified atom stereocenters. The van der Waals surface area contributed by atoms with E-state index in [1.54, 1.807) is 0 Å². The minimum atomic E-state index is 0. The van der Waals surface area contributed by atoms with Gasteiger partial charge in [-0.3, -0.25) is 9.69 Å². The first kappa shape index (κ1) is 16.7. The maximum absolute atomic E-state index is 11.7. The van der Waals surface area contributed by atoms with Gasteiger partial charge in [-0.15, -0.1) is 12.4 Å². The maximum Gasteiger partial charge on any atom is 0.234 e. The second-order valence-electron chi connectivity index (χ2n) is 5.02. The second-order valence-corrected chi connectivity index (χ2v) is 5.02. The topological polar surface area (TPSA) is 58.4 Å². The molecule has 0 aromatic rings. The number of amides is 1. The standard InChI is InChI=1S/C12H25N3O.ClH/c1-4-9(2)14-12(16)8-15-6-5-11(7-15)10(3)13;/h9-11H,4-8,13H2,1-3H3,(H,14,16);1H. The van der Waals surface area contributed by atoms with Gasteiger partial charge in [-0.25, -0.2) is 0 Å². The first-order chi connectivity index (χ1) is 7.52. The number of nitrogens with zero attached hydrogens (tertiary/aromatic N) is 1. The zero-order chi connectivity index (χ0) is 12.1. The Kier molecular flexibility index (Phi) is 7.75. The van der Waals surface area contributed by atoms with Crippen LogP contribution in [0.25, 0.3) is 0 Å². The summed E-state index contributed by atoms with van der Waals surface area (Å²) in [6, 6.07) is 0.516. The molecule has 1 aliphatic heterocycles. The molecule has 0 aromatic heterocycles. The Balaban J connectivity index is 0.00000256. The summed E-state index contributed by atoms with van der Waals surface area (Å²) in [4.78, 5) is 13.9. The van der Waals surface area contributed by atoms with E-state index >= 15 is 0 Å². The number of likely N-dealkylation sites (tertiary alicyclic amines) is 1. The van der Waals surface area contributed by atoms with Crippen molar-refractivity contribution in [3.63, 3.8) is 0 Å². The number of carbonyl (C=O) groups excluding carboxylic acids is 1. The van der Waals surface area contributed by atoms with Crippen molar-refractivity contribution in [2.45, 2.75) is 45.7 Å². The number of carbonyl (C=O) groups is 1. The molecule has 3 atom stereocenters. The molecule has 4 nitrogen and oxygen atoms in total. The average molecular weight is 264 g/mol. The van der Waals surface area contributed by atoms with Gasteiger partial charge in [0.1, 0.15) is 0 Å². The highest BCUT2D eigenvalue weighted by Crippen LogP contribution is 2.17. The van der Waals surface area contributed by atoms with Crippen molar-refractivity contribution in [3.8, 4) is 0 Å². The van der Waals surface area contributed by atoms with E-state index in [9.17, 15) is 4.79 Å². The monoisotopic (exact) mass is 263 g/mol. The van der Waals surface area contributed by atoms with Crippen LogP contribution in [0.5, 0.6) is 0 Å². The number of nitrogens with two attached hydrogens (primary N) is 1. The van der Waals surface area contributed by atoms with Crippen LogP contribution in [-0.2, 0) is 4.79 Å². The van der Waals surface area contributed by atoms with E-state index in [0.29, 0.717) is 12.5 Å². The Hall–Kier alpha value is -0.320. The van der Waals surface area contributed by atoms with Crippen LogP contribution in [0, 0.1) is 5.92 Å². The molecule has 1 amide bonds. The van der Waals surface area contributed by atoms with Gasteiger partial charge in [-0.05, 0) is 39.2 Å². The van der Waals surface area contributed by atoms with Crippen LogP contribution in [0.15, 0.2) is 0 Å². The minimum absolute atomic E-state index is 0. The summed E-state index contributed by atoms with van der Waals surface area (Å²) in [5, 5.41) is 2.99. The molecule has 1 aliphatic rings. The van der Waals surface area contributed by atoms with Crippen LogP contribution in [0.2, 0.25) is 0 Å². The van der Waals surface area contributed by atoms with Gasteiger partial charge in [-0.1, -0.05) is 6.92 Å². The van der Waals surface area contributed by atoms with Crippen molar-refractivity contribution >= 4 is 18.3 Å². The normalized spacial score (nSPS) is 23.9. The summed E-state index contributed by atoms with van der Waals surface area (Å²) < 4.78 is 0. The molecule has 0 spiro atoms. The van der Waals surface area contributed by atoms with Gasteiger partial charge >= 0.3 is 0 Å². The number of hydrogen-bond acceptors (Lipinski definition) is 3. The van der Waals surface area contributed by atoms with E-state index < -0.39 is 0 Å². The van der Waals surface area contributed by atoms with Gasteiger partial charge in [0.25, 0.3) is 0 Å². The van der Waals surface area contributed by atoms with Crippen LogP contribution < -0.4 is 11.1 Å². The summed E-state index contributed by atoms with van der Waals surface area (Å²) in [5.41, 5.74) is 5.87. The van der Waals surface area contributed by atoms with E-state index in [0.717, 1.165) is 25.9 Å². The zero-order valence-electron chi connectivity index (χ0n) is 11.1. The fourth-order valence-corrected chi connectivity index (χ4v) is 2.06. The Morgan fingerprint density at radius 3 is 2.65 bits per heavy atom. The van der Waals surface area contributed by atoms with Crippen LogP contribution in [0.1, 0.15) is 33.6 Å². The van der Waals surface area contributed by atoms with E-state index in [-0.39, 0.29) is 30.4 Å². The number of hydrogen-bond donors (Lipinski definition) is 2. The number of nitrogens with one attached hydrogen (secondary N) is 1. The van der Waals surface area contributed by atoms with E-state index in [1.165, 1.54) is 0 Å². The predicted molar refractivity (Wildman–Crippen MR) is 73.3 cm³/mol. The van der Waals surface area contributed by atoms with Gasteiger partial charge in [0, 0.05) is 18.6 Å². The fraction of sp³-hybridized carbons (Fsp3) is 0.917. The van der Waals surface area contributed by atoms with E-state index in [4.69, 9.17) is 5.73 Å². The third-order valence-corrected chi connectivity index (χ3v) is 3.44. The molecule has 1 fully saturated rings. The molecule has 3 N–H and O–H groups in total. The molecule has 102 valence electrons. The van der Waals surface area contributed by atoms with Crippen LogP contribution >= 0.6 is 12.4 Å². The van der Waals surface area contributed by atoms with Gasteiger partial charge in [0.05, 0.1) is 6.54 Å². The molecule has 0 aliphatic carbocycles. The molecule has 1 saturated heterocycles. The third-order valence-electron chi connectivity index (χ3n) is 3.44. The summed E-state index contributed by atoms with van der Waals surface area (Å²) in [6.07, 6.45) is 2.10. The Bertz CT molecular complexity index is 236. The molecular weight excluding hydrogens is 238 g/mol. The molecule has 0 bridgehead atoms. The lowest BCUT2D eigenvalue weighted by atomic mass is 10.0. The van der Waals surface area contributed by atoms with Crippen molar-refractivity contribution in [1.29, 1.82) is 0 Å². The molecule has 0 aromatic carbocycles. The molecule has 1 rings (SSSR count). The Morgan fingerprint density at radius 1 is 1.53 bits per heavy atom. The van der Waals surface area contributed by atoms with Crippen molar-refractivity contribution in [2.75, 3.05) is 19.6 Å². The first-order valence-corrected chi connectivity index (χ1v) is 6.30. The third kappa shape index (κ3) is 5.70. The van der Waals surface area contributed by atoms with Gasteiger partial charge in [0.2, 0.25) is 5.91 Å². The molecule has 17 heavy (non-hydrogen) atoms. The van der Waals surface area contributed by atoms with Gasteiger partial charge in [0.15, 0.2) is 0 Å². The van der Waals surface area contributed by atoms with Gasteiger partial charge in [-0.2, -0.15) is 0 Å². The molecular formula is C12H26ClN3O. The highest BCUT2D eigenvalue weighted by Gasteiger charge is 2.26. The summed E-state index contributed by atoms with van der Waals surface area (Å²) in [7, 11) is 0. The first-order valence-electron chi connectivity index (χ1n) is 6.30. The lowest BCUT2D eigenvalue weighted by molar-refractivity contribution is -0.122. The van der Waals surface area contributed by atoms with Crippen LogP contribution in [-0.4, -0.2) is 42.5 Å². The molecule has 0 radical (unpaired) electrons. The molecule has 1 heterocycles. The SMILES string of the molecule is CCC(C)NC(=O)CN1CCC(C(C)N)C1.Cl. The summed E-state index contributed by atoms with van der Waals surface area (Å²) in [6.45, 7) is 8.65. The van der Waals surface area contributed by atoms with Crippen LogP contribution in [0.3, 0.4) is 0 Å². The quantitative estimate of drug-likeness (QED) is 0.778. The maximum atomic E-state index is 11.7. The lowest BCUT2D eigenvalue weighted by Crippen LogP contribution is -2.40. The van der Waals surface area contributed by atoms with Crippen LogP contribution in [0.4, 0.5) is 0 Å². The van der Waals surface area contributed by atoms with Crippen molar-refractivity contribution in [3.05, 3.63) is 0 Å². The highest BCUT2D eigenvalue weighted by atomic mass is 35.5. The highest BCUT2D eigenvalue weighted by molar-refractivity contribution is 5.85. The number of halogens is 1. The summed E-state index contributed by atoms with van der Waals surface area (Å²) >= 11 is 0. The minimum Gasteiger partial charge on any atom is -0.353 e. The largest absolute Gasteiger partial charge is 0.353 e.